The zero-order valence-corrected chi connectivity index (χ0v) is 27.6. The number of hydrogen-bond acceptors (Lipinski definition) is 8. The first-order valence-electron chi connectivity index (χ1n) is 13.5. The van der Waals surface area contributed by atoms with Gasteiger partial charge in [0.05, 0.1) is 25.9 Å². The lowest BCUT2D eigenvalue weighted by Crippen LogP contribution is -2.39. The van der Waals surface area contributed by atoms with Crippen LogP contribution in [0.4, 0.5) is 0 Å². The molecule has 0 heterocycles. The van der Waals surface area contributed by atoms with Gasteiger partial charge in [0.2, 0.25) is 0 Å². The lowest BCUT2D eigenvalue weighted by Gasteiger charge is -2.56. The van der Waals surface area contributed by atoms with Crippen LogP contribution in [0.15, 0.2) is 12.2 Å². The van der Waals surface area contributed by atoms with E-state index in [0.29, 0.717) is 45.1 Å². The van der Waals surface area contributed by atoms with Gasteiger partial charge in [0.25, 0.3) is 0 Å². The first-order valence-corrected chi connectivity index (χ1v) is 18.5. The fourth-order valence-electron chi connectivity index (χ4n) is 3.63. The van der Waals surface area contributed by atoms with Crippen LogP contribution >= 0.6 is 20.3 Å². The Bertz CT molecular complexity index is 699. The largest absolute Gasteiger partial charge is 0.460 e. The van der Waals surface area contributed by atoms with Crippen molar-refractivity contribution >= 4 is 26.3 Å². The Morgan fingerprint density at radius 2 is 1.61 bits per heavy atom. The maximum absolute atomic E-state index is 11.4. The molecule has 38 heavy (non-hydrogen) atoms. The summed E-state index contributed by atoms with van der Waals surface area (Å²) in [7, 11) is -0.589. The third-order valence-corrected chi connectivity index (χ3v) is 15.1. The SMILES string of the molecule is C=C(C)C(=O)OCCOCCCC(C)(C)S(C)(C)OC(C)(C)S(C)(C)CCCOCC(O)CN(C)CCO. The lowest BCUT2D eigenvalue weighted by atomic mass is 10.1. The molecule has 0 aliphatic heterocycles. The second-order valence-electron chi connectivity index (χ2n) is 11.9. The Labute approximate surface area is 236 Å². The highest BCUT2D eigenvalue weighted by atomic mass is 32.3. The average molecular weight is 586 g/mol. The van der Waals surface area contributed by atoms with E-state index in [1.54, 1.807) is 6.92 Å². The number of nitrogens with zero attached hydrogens (tertiary/aromatic N) is 1. The van der Waals surface area contributed by atoms with Crippen LogP contribution in [-0.2, 0) is 23.2 Å². The summed E-state index contributed by atoms with van der Waals surface area (Å²) >= 11 is 0. The minimum atomic E-state index is -1.38. The summed E-state index contributed by atoms with van der Waals surface area (Å²) in [6.45, 7) is 17.5. The van der Waals surface area contributed by atoms with E-state index in [0.717, 1.165) is 25.0 Å². The van der Waals surface area contributed by atoms with Gasteiger partial charge in [0.1, 0.15) is 11.5 Å². The Kier molecular flexibility index (Phi) is 17.3. The number of aliphatic hydroxyl groups is 2. The van der Waals surface area contributed by atoms with Crippen molar-refractivity contribution in [3.63, 3.8) is 0 Å². The molecule has 0 fully saturated rings. The predicted molar refractivity (Wildman–Crippen MR) is 165 cm³/mol. The Balaban J connectivity index is 4.55. The van der Waals surface area contributed by atoms with Gasteiger partial charge in [0.15, 0.2) is 0 Å². The van der Waals surface area contributed by atoms with Gasteiger partial charge in [-0.25, -0.2) is 14.8 Å². The third kappa shape index (κ3) is 14.3. The van der Waals surface area contributed by atoms with E-state index in [1.165, 1.54) is 0 Å². The molecule has 0 saturated carbocycles. The topological polar surface area (TPSA) is 97.7 Å². The van der Waals surface area contributed by atoms with Crippen LogP contribution in [0.1, 0.15) is 53.9 Å². The monoisotopic (exact) mass is 585 g/mol. The quantitative estimate of drug-likeness (QED) is 0.111. The summed E-state index contributed by atoms with van der Waals surface area (Å²) in [5.41, 5.74) is 0.396. The van der Waals surface area contributed by atoms with Gasteiger partial charge in [-0.15, -0.1) is 10.3 Å². The summed E-state index contributed by atoms with van der Waals surface area (Å²) in [5.74, 6) is 0.648. The maximum atomic E-state index is 11.4. The molecule has 0 aromatic rings. The second-order valence-corrected chi connectivity index (χ2v) is 20.1. The van der Waals surface area contributed by atoms with Crippen LogP contribution < -0.4 is 0 Å². The van der Waals surface area contributed by atoms with E-state index in [2.05, 4.69) is 59.3 Å². The lowest BCUT2D eigenvalue weighted by molar-refractivity contribution is -0.140. The van der Waals surface area contributed by atoms with Crippen LogP contribution in [0.2, 0.25) is 0 Å². The summed E-state index contributed by atoms with van der Waals surface area (Å²) < 4.78 is 23.4. The molecule has 0 amide bonds. The molecule has 0 radical (unpaired) electrons. The number of carbonyl (C=O) groups excluding carboxylic acids is 1. The first kappa shape index (κ1) is 37.7. The van der Waals surface area contributed by atoms with Crippen molar-refractivity contribution < 1.29 is 33.4 Å². The molecular formula is C28H59NO7S2. The maximum Gasteiger partial charge on any atom is 0.333 e. The third-order valence-electron chi connectivity index (χ3n) is 7.21. The zero-order valence-electron chi connectivity index (χ0n) is 26.0. The number of hydrogen-bond donors (Lipinski definition) is 2. The summed E-state index contributed by atoms with van der Waals surface area (Å²) in [5, 5.41) is 19.1. The molecule has 0 bridgehead atoms. The number of esters is 1. The van der Waals surface area contributed by atoms with Crippen molar-refractivity contribution in [3.05, 3.63) is 12.2 Å². The molecule has 0 spiro atoms. The van der Waals surface area contributed by atoms with Crippen LogP contribution in [-0.4, -0.2) is 127 Å². The summed E-state index contributed by atoms with van der Waals surface area (Å²) in [6, 6.07) is 0. The van der Waals surface area contributed by atoms with Crippen molar-refractivity contribution in [1.29, 1.82) is 0 Å². The van der Waals surface area contributed by atoms with Crippen molar-refractivity contribution in [3.8, 4) is 0 Å². The standard InChI is InChI=1S/C28H59NO7S2/c1-24(2)26(32)35-20-19-33-17-12-14-27(3,4)38(10,11)36-28(5,6)37(8,9)21-13-18-34-23-25(31)22-29(7)15-16-30/h25,30-31H,1,12-23H2,2-11H3. The van der Waals surface area contributed by atoms with E-state index >= 15 is 0 Å². The van der Waals surface area contributed by atoms with Crippen molar-refractivity contribution in [1.82, 2.24) is 4.90 Å². The van der Waals surface area contributed by atoms with E-state index in [1.807, 2.05) is 11.9 Å². The highest BCUT2D eigenvalue weighted by molar-refractivity contribution is 8.34. The molecule has 0 aliphatic carbocycles. The van der Waals surface area contributed by atoms with E-state index in [9.17, 15) is 9.90 Å². The zero-order chi connectivity index (χ0) is 29.6. The second kappa shape index (κ2) is 17.5. The van der Waals surface area contributed by atoms with Crippen molar-refractivity contribution in [2.75, 3.05) is 90.6 Å². The molecule has 230 valence electrons. The van der Waals surface area contributed by atoms with Gasteiger partial charge < -0.3 is 33.5 Å². The Morgan fingerprint density at radius 1 is 1.00 bits per heavy atom. The molecule has 8 nitrogen and oxygen atoms in total. The Hall–Kier alpha value is -0.330. The summed E-state index contributed by atoms with van der Waals surface area (Å²) in [6.07, 6.45) is 11.5. The van der Waals surface area contributed by atoms with Crippen molar-refractivity contribution in [2.24, 2.45) is 0 Å². The van der Waals surface area contributed by atoms with Crippen LogP contribution in [0.25, 0.3) is 0 Å². The summed E-state index contributed by atoms with van der Waals surface area (Å²) in [4.78, 5) is 13.1. The normalized spacial score (nSPS) is 15.0. The average Bonchev–Trinajstić information content (AvgIpc) is 2.76. The predicted octanol–water partition coefficient (Wildman–Crippen LogP) is 4.17. The van der Waals surface area contributed by atoms with Crippen LogP contribution in [0.5, 0.6) is 0 Å². The number of likely N-dealkylation sites (N-methyl/N-ethyl adjacent to an activating group) is 1. The van der Waals surface area contributed by atoms with Crippen molar-refractivity contribution in [2.45, 2.75) is 69.7 Å². The molecule has 2 N–H and O–H groups in total. The molecule has 0 aliphatic rings. The van der Waals surface area contributed by atoms with Gasteiger partial charge in [-0.05, 0) is 77.9 Å². The number of ether oxygens (including phenoxy) is 3. The van der Waals surface area contributed by atoms with Crippen LogP contribution in [0.3, 0.4) is 0 Å². The minimum Gasteiger partial charge on any atom is -0.460 e. The molecule has 0 rings (SSSR count). The van der Waals surface area contributed by atoms with Gasteiger partial charge in [-0.2, -0.15) is 0 Å². The molecule has 0 aromatic heterocycles. The van der Waals surface area contributed by atoms with Gasteiger partial charge in [0, 0.05) is 36.6 Å². The molecule has 0 aromatic carbocycles. The first-order chi connectivity index (χ1) is 17.4. The molecule has 1 atom stereocenters. The van der Waals surface area contributed by atoms with E-state index in [-0.39, 0.29) is 28.9 Å². The molecule has 10 heteroatoms. The minimum absolute atomic E-state index is 0.0119. The van der Waals surface area contributed by atoms with Crippen LogP contribution in [0, 0.1) is 0 Å². The van der Waals surface area contributed by atoms with Gasteiger partial charge >= 0.3 is 5.97 Å². The molecule has 0 saturated heterocycles. The number of aliphatic hydroxyl groups excluding tert-OH is 2. The molecular weight excluding hydrogens is 526 g/mol. The molecule has 1 unspecified atom stereocenters. The smallest absolute Gasteiger partial charge is 0.333 e. The van der Waals surface area contributed by atoms with E-state index in [4.69, 9.17) is 23.5 Å². The van der Waals surface area contributed by atoms with Gasteiger partial charge in [-0.3, -0.25) is 0 Å². The highest BCUT2D eigenvalue weighted by Crippen LogP contribution is 2.65. The highest BCUT2D eigenvalue weighted by Gasteiger charge is 2.42. The number of carbonyl (C=O) groups is 1. The van der Waals surface area contributed by atoms with E-state index < -0.39 is 26.4 Å². The van der Waals surface area contributed by atoms with Gasteiger partial charge in [-0.1, -0.05) is 20.4 Å². The Morgan fingerprint density at radius 3 is 2.18 bits per heavy atom. The fourth-order valence-corrected chi connectivity index (χ4v) is 8.08. The fraction of sp³-hybridized carbons (Fsp3) is 0.893. The number of rotatable bonds is 22.